The van der Waals surface area contributed by atoms with Crippen molar-refractivity contribution in [3.63, 3.8) is 0 Å². The molecule has 0 unspecified atom stereocenters. The molecule has 11 aromatic rings. The minimum Gasteiger partial charge on any atom is -0.456 e. The molecular formula is C51H32N2O2. The second-order valence-electron chi connectivity index (χ2n) is 13.9. The maximum absolute atomic E-state index is 6.64. The molecule has 0 N–H and O–H groups in total. The van der Waals surface area contributed by atoms with Crippen molar-refractivity contribution in [1.29, 1.82) is 0 Å². The van der Waals surface area contributed by atoms with Gasteiger partial charge in [0.1, 0.15) is 16.7 Å². The molecule has 0 radical (unpaired) electrons. The van der Waals surface area contributed by atoms with E-state index in [-0.39, 0.29) is 0 Å². The van der Waals surface area contributed by atoms with E-state index in [9.17, 15) is 0 Å². The maximum Gasteiger partial charge on any atom is 0.228 e. The average Bonchev–Trinajstić information content (AvgIpc) is 3.86. The van der Waals surface area contributed by atoms with E-state index in [2.05, 4.69) is 169 Å². The van der Waals surface area contributed by atoms with Crippen LogP contribution in [0.4, 0.5) is 17.1 Å². The predicted octanol–water partition coefficient (Wildman–Crippen LogP) is 14.5. The molecule has 55 heavy (non-hydrogen) atoms. The largest absolute Gasteiger partial charge is 0.456 e. The number of oxazole rings is 1. The lowest BCUT2D eigenvalue weighted by Crippen LogP contribution is -2.10. The van der Waals surface area contributed by atoms with Crippen LogP contribution in [0.15, 0.2) is 203 Å². The number of fused-ring (bicyclic) bond motifs is 7. The number of nitrogens with zero attached hydrogens (tertiary/aromatic N) is 2. The first-order chi connectivity index (χ1) is 27.2. The third-order valence-corrected chi connectivity index (χ3v) is 10.7. The van der Waals surface area contributed by atoms with Gasteiger partial charge in [-0.1, -0.05) is 133 Å². The van der Waals surface area contributed by atoms with E-state index in [1.165, 1.54) is 27.5 Å². The van der Waals surface area contributed by atoms with Crippen LogP contribution in [0.3, 0.4) is 0 Å². The van der Waals surface area contributed by atoms with Crippen LogP contribution in [0.25, 0.3) is 88.3 Å². The summed E-state index contributed by atoms with van der Waals surface area (Å²) in [7, 11) is 0. The van der Waals surface area contributed by atoms with Crippen LogP contribution in [-0.2, 0) is 0 Å². The van der Waals surface area contributed by atoms with Gasteiger partial charge in [0, 0.05) is 44.9 Å². The van der Waals surface area contributed by atoms with Crippen LogP contribution in [0.5, 0.6) is 0 Å². The molecule has 0 bridgehead atoms. The minimum absolute atomic E-state index is 0.578. The van der Waals surface area contributed by atoms with Crippen molar-refractivity contribution in [2.75, 3.05) is 4.90 Å². The summed E-state index contributed by atoms with van der Waals surface area (Å²) >= 11 is 0. The van der Waals surface area contributed by atoms with Crippen LogP contribution >= 0.6 is 0 Å². The molecule has 0 aliphatic carbocycles. The first-order valence-corrected chi connectivity index (χ1v) is 18.5. The normalized spacial score (nSPS) is 11.6. The number of aromatic nitrogens is 1. The first-order valence-electron chi connectivity index (χ1n) is 18.5. The van der Waals surface area contributed by atoms with E-state index in [0.717, 1.165) is 72.0 Å². The molecule has 0 saturated carbocycles. The summed E-state index contributed by atoms with van der Waals surface area (Å²) in [5.41, 5.74) is 11.9. The van der Waals surface area contributed by atoms with E-state index in [1.54, 1.807) is 0 Å². The Labute approximate surface area is 317 Å². The van der Waals surface area contributed by atoms with E-state index >= 15 is 0 Å². The van der Waals surface area contributed by atoms with Crippen molar-refractivity contribution in [3.8, 4) is 33.7 Å². The summed E-state index contributed by atoms with van der Waals surface area (Å²) in [5.74, 6) is 0.578. The number of rotatable bonds is 6. The first kappa shape index (κ1) is 31.1. The zero-order valence-corrected chi connectivity index (χ0v) is 29.7. The Morgan fingerprint density at radius 2 is 1.04 bits per heavy atom. The summed E-state index contributed by atoms with van der Waals surface area (Å²) in [5, 5.41) is 6.61. The van der Waals surface area contributed by atoms with Gasteiger partial charge in [-0.3, -0.25) is 0 Å². The second-order valence-corrected chi connectivity index (χ2v) is 13.9. The summed E-state index contributed by atoms with van der Waals surface area (Å²) in [6.07, 6.45) is 0. The van der Waals surface area contributed by atoms with E-state index in [0.29, 0.717) is 5.89 Å². The zero-order chi connectivity index (χ0) is 36.3. The third-order valence-electron chi connectivity index (χ3n) is 10.7. The summed E-state index contributed by atoms with van der Waals surface area (Å²) < 4.78 is 13.2. The van der Waals surface area contributed by atoms with Crippen LogP contribution in [0.1, 0.15) is 0 Å². The number of hydrogen-bond acceptors (Lipinski definition) is 4. The molecule has 2 aromatic heterocycles. The fourth-order valence-electron chi connectivity index (χ4n) is 8.07. The minimum atomic E-state index is 0.578. The molecule has 4 nitrogen and oxygen atoms in total. The molecule has 0 aliphatic rings. The predicted molar refractivity (Wildman–Crippen MR) is 227 cm³/mol. The summed E-state index contributed by atoms with van der Waals surface area (Å²) in [6.45, 7) is 0. The van der Waals surface area contributed by atoms with Crippen LogP contribution in [0, 0.1) is 0 Å². The molecule has 11 rings (SSSR count). The lowest BCUT2D eigenvalue weighted by atomic mass is 9.97. The highest BCUT2D eigenvalue weighted by molar-refractivity contribution is 6.13. The van der Waals surface area contributed by atoms with E-state index in [4.69, 9.17) is 13.8 Å². The van der Waals surface area contributed by atoms with Gasteiger partial charge < -0.3 is 13.7 Å². The standard InChI is InChI=1S/C51H32N2O2/c1-2-11-33(12-3-1)34-23-26-38(27-24-34)53(39-17-8-16-37(31-39)42-20-9-15-35-13-4-6-18-41(35)42)40-28-29-44-48(32-40)54-47-22-10-21-45(49(44)47)51-52-46-30-25-36-14-5-7-19-43(36)50(46)55-51/h1-32H. The van der Waals surface area contributed by atoms with E-state index < -0.39 is 0 Å². The molecule has 2 heterocycles. The van der Waals surface area contributed by atoms with Gasteiger partial charge in [-0.2, -0.15) is 0 Å². The molecular weight excluding hydrogens is 673 g/mol. The summed E-state index contributed by atoms with van der Waals surface area (Å²) in [4.78, 5) is 7.27. The lowest BCUT2D eigenvalue weighted by Gasteiger charge is -2.26. The van der Waals surface area contributed by atoms with Crippen molar-refractivity contribution in [2.45, 2.75) is 0 Å². The second kappa shape index (κ2) is 12.6. The number of hydrogen-bond donors (Lipinski definition) is 0. The van der Waals surface area contributed by atoms with Gasteiger partial charge in [0.15, 0.2) is 5.58 Å². The quantitative estimate of drug-likeness (QED) is 0.173. The van der Waals surface area contributed by atoms with Crippen LogP contribution in [-0.4, -0.2) is 4.98 Å². The van der Waals surface area contributed by atoms with E-state index in [1.807, 2.05) is 30.3 Å². The van der Waals surface area contributed by atoms with Gasteiger partial charge in [-0.15, -0.1) is 0 Å². The topological polar surface area (TPSA) is 42.4 Å². The van der Waals surface area contributed by atoms with Gasteiger partial charge in [-0.25, -0.2) is 4.98 Å². The molecule has 4 heteroatoms. The number of furan rings is 1. The van der Waals surface area contributed by atoms with Crippen molar-refractivity contribution in [2.24, 2.45) is 0 Å². The maximum atomic E-state index is 6.64. The Balaban J connectivity index is 1.06. The smallest absolute Gasteiger partial charge is 0.228 e. The Morgan fingerprint density at radius 3 is 1.91 bits per heavy atom. The molecule has 0 aliphatic heterocycles. The van der Waals surface area contributed by atoms with Gasteiger partial charge in [0.2, 0.25) is 5.89 Å². The SMILES string of the molecule is c1ccc(-c2ccc(N(c3cccc(-c4cccc5ccccc45)c3)c3ccc4c(c3)oc3cccc(-c5nc6ccc7ccccc7c6o5)c34)cc2)cc1. The fraction of sp³-hybridized carbons (Fsp3) is 0. The van der Waals surface area contributed by atoms with Gasteiger partial charge in [0.05, 0.1) is 0 Å². The van der Waals surface area contributed by atoms with Crippen LogP contribution in [0.2, 0.25) is 0 Å². The van der Waals surface area contributed by atoms with Crippen molar-refractivity contribution < 1.29 is 8.83 Å². The van der Waals surface area contributed by atoms with Crippen molar-refractivity contribution in [1.82, 2.24) is 4.98 Å². The summed E-state index contributed by atoms with van der Waals surface area (Å²) in [6, 6.07) is 68.1. The van der Waals surface area contributed by atoms with Crippen molar-refractivity contribution in [3.05, 3.63) is 194 Å². The molecule has 0 spiro atoms. The van der Waals surface area contributed by atoms with Gasteiger partial charge in [0.25, 0.3) is 0 Å². The van der Waals surface area contributed by atoms with Gasteiger partial charge >= 0.3 is 0 Å². The Bertz CT molecular complexity index is 3210. The highest BCUT2D eigenvalue weighted by Crippen LogP contribution is 2.43. The molecule has 0 amide bonds. The molecule has 0 saturated heterocycles. The Morgan fingerprint density at radius 1 is 0.382 bits per heavy atom. The fourth-order valence-corrected chi connectivity index (χ4v) is 8.07. The highest BCUT2D eigenvalue weighted by atomic mass is 16.3. The van der Waals surface area contributed by atoms with Gasteiger partial charge in [-0.05, 0) is 93.0 Å². The Kier molecular flexibility index (Phi) is 7.14. The van der Waals surface area contributed by atoms with Crippen LogP contribution < -0.4 is 4.90 Å². The van der Waals surface area contributed by atoms with Crippen molar-refractivity contribution >= 4 is 71.6 Å². The molecule has 258 valence electrons. The monoisotopic (exact) mass is 704 g/mol. The molecule has 0 fully saturated rings. The number of anilines is 3. The molecule has 9 aromatic carbocycles. The third kappa shape index (κ3) is 5.26. The Hall–Kier alpha value is -7.43. The number of benzene rings is 9. The zero-order valence-electron chi connectivity index (χ0n) is 29.7. The highest BCUT2D eigenvalue weighted by Gasteiger charge is 2.20. The molecule has 0 atom stereocenters. The average molecular weight is 705 g/mol. The lowest BCUT2D eigenvalue weighted by molar-refractivity contribution is 0.623.